The Morgan fingerprint density at radius 2 is 2.10 bits per heavy atom. The minimum atomic E-state index is 0.146. The second kappa shape index (κ2) is 6.19. The third kappa shape index (κ3) is 2.91. The Morgan fingerprint density at radius 3 is 2.80 bits per heavy atom. The maximum atomic E-state index is 9.07. The van der Waals surface area contributed by atoms with Crippen LogP contribution in [0.1, 0.15) is 30.1 Å². The fourth-order valence-corrected chi connectivity index (χ4v) is 2.97. The van der Waals surface area contributed by atoms with E-state index in [0.717, 1.165) is 32.5 Å². The molecule has 0 spiro atoms. The predicted molar refractivity (Wildman–Crippen MR) is 75.2 cm³/mol. The third-order valence-corrected chi connectivity index (χ3v) is 4.02. The van der Waals surface area contributed by atoms with Crippen LogP contribution in [-0.2, 0) is 13.1 Å². The van der Waals surface area contributed by atoms with Crippen LogP contribution in [0.3, 0.4) is 0 Å². The minimum Gasteiger partial charge on any atom is -0.394 e. The number of hydrogen-bond donors (Lipinski definition) is 2. The van der Waals surface area contributed by atoms with E-state index in [1.807, 2.05) is 16.9 Å². The molecule has 0 unspecified atom stereocenters. The number of piperidine rings is 1. The molecule has 0 radical (unpaired) electrons. The van der Waals surface area contributed by atoms with Crippen molar-refractivity contribution in [2.45, 2.75) is 31.8 Å². The number of aromatic amines is 1. The summed E-state index contributed by atoms with van der Waals surface area (Å²) in [6.45, 7) is 3.87. The van der Waals surface area contributed by atoms with E-state index in [1.54, 1.807) is 6.20 Å². The SMILES string of the molecule is OCCn1nccc1C1CCN(Cc2ccn[nH]2)CC1. The molecule has 0 aromatic carbocycles. The Morgan fingerprint density at radius 1 is 1.25 bits per heavy atom. The summed E-state index contributed by atoms with van der Waals surface area (Å²) in [4.78, 5) is 2.46. The Kier molecular flexibility index (Phi) is 4.13. The van der Waals surface area contributed by atoms with Gasteiger partial charge in [-0.1, -0.05) is 0 Å². The molecule has 3 heterocycles. The van der Waals surface area contributed by atoms with Crippen LogP contribution in [0.5, 0.6) is 0 Å². The predicted octanol–water partition coefficient (Wildman–Crippen LogP) is 0.978. The largest absolute Gasteiger partial charge is 0.394 e. The molecular weight excluding hydrogens is 254 g/mol. The van der Waals surface area contributed by atoms with Crippen molar-refractivity contribution in [2.75, 3.05) is 19.7 Å². The number of likely N-dealkylation sites (tertiary alicyclic amines) is 1. The summed E-state index contributed by atoms with van der Waals surface area (Å²) in [7, 11) is 0. The first-order valence-corrected chi connectivity index (χ1v) is 7.20. The monoisotopic (exact) mass is 275 g/mol. The second-order valence-electron chi connectivity index (χ2n) is 5.34. The molecule has 2 aromatic heterocycles. The van der Waals surface area contributed by atoms with Gasteiger partial charge in [-0.05, 0) is 38.1 Å². The van der Waals surface area contributed by atoms with Crippen molar-refractivity contribution >= 4 is 0 Å². The highest BCUT2D eigenvalue weighted by Crippen LogP contribution is 2.28. The van der Waals surface area contributed by atoms with E-state index in [-0.39, 0.29) is 6.61 Å². The average molecular weight is 275 g/mol. The number of aliphatic hydroxyl groups is 1. The lowest BCUT2D eigenvalue weighted by Crippen LogP contribution is -2.33. The molecule has 2 N–H and O–H groups in total. The van der Waals surface area contributed by atoms with Crippen LogP contribution in [0.2, 0.25) is 0 Å². The summed E-state index contributed by atoms with van der Waals surface area (Å²) in [5, 5.41) is 20.4. The van der Waals surface area contributed by atoms with E-state index in [9.17, 15) is 0 Å². The van der Waals surface area contributed by atoms with Gasteiger partial charge < -0.3 is 5.11 Å². The highest BCUT2D eigenvalue weighted by Gasteiger charge is 2.23. The number of aliphatic hydroxyl groups excluding tert-OH is 1. The van der Waals surface area contributed by atoms with Crippen LogP contribution in [0.25, 0.3) is 0 Å². The van der Waals surface area contributed by atoms with Crippen LogP contribution in [0, 0.1) is 0 Å². The summed E-state index contributed by atoms with van der Waals surface area (Å²) in [5.41, 5.74) is 2.44. The number of nitrogens with zero attached hydrogens (tertiary/aromatic N) is 4. The molecule has 0 aliphatic carbocycles. The Bertz CT molecular complexity index is 513. The molecule has 0 saturated carbocycles. The van der Waals surface area contributed by atoms with Gasteiger partial charge in [-0.25, -0.2) is 0 Å². The molecule has 1 aliphatic heterocycles. The lowest BCUT2D eigenvalue weighted by atomic mass is 9.93. The lowest BCUT2D eigenvalue weighted by molar-refractivity contribution is 0.197. The molecule has 1 fully saturated rings. The maximum Gasteiger partial charge on any atom is 0.0644 e. The van der Waals surface area contributed by atoms with Crippen molar-refractivity contribution in [2.24, 2.45) is 0 Å². The van der Waals surface area contributed by atoms with Gasteiger partial charge in [-0.3, -0.25) is 14.7 Å². The van der Waals surface area contributed by atoms with Crippen molar-refractivity contribution in [3.05, 3.63) is 35.9 Å². The van der Waals surface area contributed by atoms with E-state index in [1.165, 1.54) is 11.4 Å². The van der Waals surface area contributed by atoms with Gasteiger partial charge in [0.1, 0.15) is 0 Å². The topological polar surface area (TPSA) is 70.0 Å². The van der Waals surface area contributed by atoms with Crippen LogP contribution in [0.4, 0.5) is 0 Å². The van der Waals surface area contributed by atoms with Gasteiger partial charge in [0.05, 0.1) is 13.2 Å². The van der Waals surface area contributed by atoms with Gasteiger partial charge in [0.15, 0.2) is 0 Å². The molecule has 3 rings (SSSR count). The van der Waals surface area contributed by atoms with E-state index in [2.05, 4.69) is 26.3 Å². The van der Waals surface area contributed by atoms with E-state index >= 15 is 0 Å². The maximum absolute atomic E-state index is 9.07. The van der Waals surface area contributed by atoms with Gasteiger partial charge in [0, 0.05) is 36.2 Å². The second-order valence-corrected chi connectivity index (χ2v) is 5.34. The molecule has 1 saturated heterocycles. The highest BCUT2D eigenvalue weighted by molar-refractivity contribution is 5.09. The Hall–Kier alpha value is -1.66. The summed E-state index contributed by atoms with van der Waals surface area (Å²) >= 11 is 0. The summed E-state index contributed by atoms with van der Waals surface area (Å²) in [6.07, 6.45) is 5.92. The van der Waals surface area contributed by atoms with Crippen LogP contribution >= 0.6 is 0 Å². The number of hydrogen-bond acceptors (Lipinski definition) is 4. The lowest BCUT2D eigenvalue weighted by Gasteiger charge is -2.31. The zero-order valence-electron chi connectivity index (χ0n) is 11.6. The van der Waals surface area contributed by atoms with Gasteiger partial charge in [0.25, 0.3) is 0 Å². The molecule has 6 heteroatoms. The van der Waals surface area contributed by atoms with Crippen molar-refractivity contribution in [1.29, 1.82) is 0 Å². The van der Waals surface area contributed by atoms with E-state index < -0.39 is 0 Å². The average Bonchev–Trinajstić information content (AvgIpc) is 3.12. The molecule has 0 bridgehead atoms. The highest BCUT2D eigenvalue weighted by atomic mass is 16.3. The van der Waals surface area contributed by atoms with Crippen molar-refractivity contribution in [3.63, 3.8) is 0 Å². The molecule has 108 valence electrons. The summed E-state index contributed by atoms with van der Waals surface area (Å²) in [5.74, 6) is 0.557. The van der Waals surface area contributed by atoms with Crippen LogP contribution < -0.4 is 0 Å². The molecule has 2 aromatic rings. The smallest absolute Gasteiger partial charge is 0.0644 e. The first-order valence-electron chi connectivity index (χ1n) is 7.20. The molecule has 0 amide bonds. The Balaban J connectivity index is 1.56. The van der Waals surface area contributed by atoms with Gasteiger partial charge >= 0.3 is 0 Å². The number of aromatic nitrogens is 4. The number of H-pyrrole nitrogens is 1. The summed E-state index contributed by atoms with van der Waals surface area (Å²) < 4.78 is 1.94. The molecule has 0 atom stereocenters. The number of nitrogens with one attached hydrogen (secondary N) is 1. The van der Waals surface area contributed by atoms with Crippen molar-refractivity contribution in [1.82, 2.24) is 24.9 Å². The minimum absolute atomic E-state index is 0.146. The first kappa shape index (κ1) is 13.3. The summed E-state index contributed by atoms with van der Waals surface area (Å²) in [6, 6.07) is 4.12. The first-order chi connectivity index (χ1) is 9.86. The Labute approximate surface area is 118 Å². The molecule has 20 heavy (non-hydrogen) atoms. The molecule has 6 nitrogen and oxygen atoms in total. The quantitative estimate of drug-likeness (QED) is 0.853. The van der Waals surface area contributed by atoms with Gasteiger partial charge in [-0.2, -0.15) is 10.2 Å². The van der Waals surface area contributed by atoms with Crippen molar-refractivity contribution < 1.29 is 5.11 Å². The third-order valence-electron chi connectivity index (χ3n) is 4.02. The molecule has 1 aliphatic rings. The van der Waals surface area contributed by atoms with Crippen molar-refractivity contribution in [3.8, 4) is 0 Å². The fraction of sp³-hybridized carbons (Fsp3) is 0.571. The van der Waals surface area contributed by atoms with E-state index in [4.69, 9.17) is 5.11 Å². The van der Waals surface area contributed by atoms with Crippen LogP contribution in [-0.4, -0.2) is 49.7 Å². The number of rotatable bonds is 5. The van der Waals surface area contributed by atoms with Gasteiger partial charge in [-0.15, -0.1) is 0 Å². The standard InChI is InChI=1S/C14H21N5O/c20-10-9-19-14(2-6-16-19)12-3-7-18(8-4-12)11-13-1-5-15-17-13/h1-2,5-6,12,20H,3-4,7-11H2,(H,15,17). The van der Waals surface area contributed by atoms with Gasteiger partial charge in [0.2, 0.25) is 0 Å². The van der Waals surface area contributed by atoms with E-state index in [0.29, 0.717) is 12.5 Å². The zero-order chi connectivity index (χ0) is 13.8. The molecular formula is C14H21N5O. The zero-order valence-corrected chi connectivity index (χ0v) is 11.6. The normalized spacial score (nSPS) is 17.6. The van der Waals surface area contributed by atoms with Crippen LogP contribution in [0.15, 0.2) is 24.5 Å². The fourth-order valence-electron chi connectivity index (χ4n) is 2.97.